The van der Waals surface area contributed by atoms with E-state index in [2.05, 4.69) is 97.1 Å². The molecule has 8 rings (SSSR count). The molecule has 40 heavy (non-hydrogen) atoms. The first-order chi connectivity index (χ1) is 19.8. The summed E-state index contributed by atoms with van der Waals surface area (Å²) >= 11 is 1.83. The van der Waals surface area contributed by atoms with E-state index in [4.69, 9.17) is 4.42 Å². The van der Waals surface area contributed by atoms with Gasteiger partial charge in [-0.3, -0.25) is 0 Å². The Morgan fingerprint density at radius 2 is 1.25 bits per heavy atom. The van der Waals surface area contributed by atoms with E-state index in [0.29, 0.717) is 5.56 Å². The summed E-state index contributed by atoms with van der Waals surface area (Å²) in [6, 6.07) is 46.6. The van der Waals surface area contributed by atoms with Crippen molar-refractivity contribution in [2.75, 3.05) is 0 Å². The van der Waals surface area contributed by atoms with Crippen molar-refractivity contribution in [1.29, 1.82) is 5.26 Å². The molecule has 186 valence electrons. The average molecular weight is 528 g/mol. The number of hydrogen-bond acceptors (Lipinski definition) is 3. The fraction of sp³-hybridized carbons (Fsp3) is 0. The van der Waals surface area contributed by atoms with Crippen molar-refractivity contribution in [2.45, 2.75) is 0 Å². The molecule has 2 heterocycles. The van der Waals surface area contributed by atoms with Crippen LogP contribution in [0, 0.1) is 11.3 Å². The van der Waals surface area contributed by atoms with Crippen LogP contribution in [0.1, 0.15) is 5.56 Å². The summed E-state index contributed by atoms with van der Waals surface area (Å²) in [5, 5.41) is 14.5. The molecule has 0 fully saturated rings. The summed E-state index contributed by atoms with van der Waals surface area (Å²) < 4.78 is 8.81. The highest BCUT2D eigenvalue weighted by Gasteiger charge is 2.19. The normalized spacial score (nSPS) is 11.5. The van der Waals surface area contributed by atoms with E-state index in [9.17, 15) is 5.26 Å². The Labute approximate surface area is 235 Å². The van der Waals surface area contributed by atoms with Gasteiger partial charge in [0.15, 0.2) is 0 Å². The monoisotopic (exact) mass is 527 g/mol. The fourth-order valence-electron chi connectivity index (χ4n) is 5.97. The minimum absolute atomic E-state index is 0.644. The van der Waals surface area contributed by atoms with E-state index >= 15 is 0 Å². The van der Waals surface area contributed by atoms with Crippen LogP contribution < -0.4 is 0 Å². The first kappa shape index (κ1) is 22.8. The third-order valence-corrected chi connectivity index (χ3v) is 8.86. The highest BCUT2D eigenvalue weighted by Crippen LogP contribution is 2.45. The van der Waals surface area contributed by atoms with Gasteiger partial charge in [0.05, 0.1) is 11.6 Å². The number of rotatable bonds is 3. The number of thiophene rings is 1. The van der Waals surface area contributed by atoms with Crippen LogP contribution in [0.5, 0.6) is 0 Å². The maximum atomic E-state index is 9.74. The highest BCUT2D eigenvalue weighted by atomic mass is 32.1. The predicted octanol–water partition coefficient (Wildman–Crippen LogP) is 10.8. The van der Waals surface area contributed by atoms with Gasteiger partial charge in [-0.25, -0.2) is 0 Å². The van der Waals surface area contributed by atoms with Crippen LogP contribution in [0.4, 0.5) is 0 Å². The number of nitrogens with zero attached hydrogens (tertiary/aromatic N) is 1. The Hall–Kier alpha value is -5.17. The molecule has 3 heteroatoms. The molecule has 2 aromatic heterocycles. The van der Waals surface area contributed by atoms with Crippen LogP contribution in [0.15, 0.2) is 132 Å². The van der Waals surface area contributed by atoms with Gasteiger partial charge in [0.25, 0.3) is 0 Å². The van der Waals surface area contributed by atoms with Crippen molar-refractivity contribution in [3.8, 4) is 39.4 Å². The van der Waals surface area contributed by atoms with Crippen LogP contribution in [0.2, 0.25) is 0 Å². The molecule has 0 saturated heterocycles. The molecule has 0 spiro atoms. The molecule has 0 aliphatic carbocycles. The lowest BCUT2D eigenvalue weighted by molar-refractivity contribution is 0.669. The van der Waals surface area contributed by atoms with E-state index in [1.165, 1.54) is 20.2 Å². The SMILES string of the molecule is N#Cc1cccc(-c2c(-c3ccc4c(c3)sc3ccccc34)cccc2-c2cccc3oc4ccccc4c23)c1. The zero-order valence-corrected chi connectivity index (χ0v) is 22.2. The van der Waals surface area contributed by atoms with Gasteiger partial charge in [0.1, 0.15) is 11.2 Å². The lowest BCUT2D eigenvalue weighted by Crippen LogP contribution is -1.92. The summed E-state index contributed by atoms with van der Waals surface area (Å²) in [4.78, 5) is 0. The molecule has 8 aromatic rings. The summed E-state index contributed by atoms with van der Waals surface area (Å²) in [7, 11) is 0. The van der Waals surface area contributed by atoms with Crippen molar-refractivity contribution in [3.63, 3.8) is 0 Å². The van der Waals surface area contributed by atoms with Crippen molar-refractivity contribution < 1.29 is 4.42 Å². The lowest BCUT2D eigenvalue weighted by Gasteiger charge is -2.17. The molecule has 0 aliphatic rings. The first-order valence-electron chi connectivity index (χ1n) is 13.2. The maximum Gasteiger partial charge on any atom is 0.136 e. The molecule has 0 N–H and O–H groups in total. The average Bonchev–Trinajstić information content (AvgIpc) is 3.58. The Morgan fingerprint density at radius 3 is 2.17 bits per heavy atom. The fourth-order valence-corrected chi connectivity index (χ4v) is 7.11. The maximum absolute atomic E-state index is 9.74. The minimum atomic E-state index is 0.644. The van der Waals surface area contributed by atoms with E-state index in [1.54, 1.807) is 0 Å². The van der Waals surface area contributed by atoms with Gasteiger partial charge in [0, 0.05) is 30.9 Å². The van der Waals surface area contributed by atoms with Crippen molar-refractivity contribution in [2.24, 2.45) is 0 Å². The summed E-state index contributed by atoms with van der Waals surface area (Å²) in [5.74, 6) is 0. The Morgan fingerprint density at radius 1 is 0.525 bits per heavy atom. The molecule has 0 saturated carbocycles. The molecule has 0 bridgehead atoms. The second-order valence-corrected chi connectivity index (χ2v) is 11.1. The van der Waals surface area contributed by atoms with Crippen molar-refractivity contribution in [1.82, 2.24) is 0 Å². The number of fused-ring (bicyclic) bond motifs is 6. The Bertz CT molecular complexity index is 2300. The summed E-state index contributed by atoms with van der Waals surface area (Å²) in [5.41, 5.74) is 9.04. The quantitative estimate of drug-likeness (QED) is 0.229. The third-order valence-electron chi connectivity index (χ3n) is 7.73. The molecular formula is C37H21NOS. The van der Waals surface area contributed by atoms with E-state index in [1.807, 2.05) is 47.7 Å². The molecule has 0 radical (unpaired) electrons. The highest BCUT2D eigenvalue weighted by molar-refractivity contribution is 7.25. The number of benzene rings is 6. The molecule has 0 unspecified atom stereocenters. The summed E-state index contributed by atoms with van der Waals surface area (Å²) in [6.07, 6.45) is 0. The third kappa shape index (κ3) is 3.48. The van der Waals surface area contributed by atoms with E-state index in [-0.39, 0.29) is 0 Å². The van der Waals surface area contributed by atoms with Gasteiger partial charge >= 0.3 is 0 Å². The van der Waals surface area contributed by atoms with Crippen molar-refractivity contribution in [3.05, 3.63) is 133 Å². The Balaban J connectivity index is 1.45. The second-order valence-electron chi connectivity index (χ2n) is 10.0. The zero-order chi connectivity index (χ0) is 26.6. The number of para-hydroxylation sites is 1. The van der Waals surface area contributed by atoms with Gasteiger partial charge in [-0.05, 0) is 69.8 Å². The number of nitriles is 1. The first-order valence-corrected chi connectivity index (χ1v) is 14.1. The van der Waals surface area contributed by atoms with Gasteiger partial charge < -0.3 is 4.42 Å². The van der Waals surface area contributed by atoms with Gasteiger partial charge in [-0.15, -0.1) is 11.3 Å². The van der Waals surface area contributed by atoms with E-state index in [0.717, 1.165) is 55.3 Å². The number of hydrogen-bond donors (Lipinski definition) is 0. The molecule has 0 amide bonds. The molecular weight excluding hydrogens is 506 g/mol. The molecule has 2 nitrogen and oxygen atoms in total. The lowest BCUT2D eigenvalue weighted by atomic mass is 9.86. The largest absolute Gasteiger partial charge is 0.456 e. The van der Waals surface area contributed by atoms with Crippen LogP contribution in [0.3, 0.4) is 0 Å². The molecule has 0 atom stereocenters. The predicted molar refractivity (Wildman–Crippen MR) is 168 cm³/mol. The van der Waals surface area contributed by atoms with Crippen LogP contribution in [-0.4, -0.2) is 0 Å². The van der Waals surface area contributed by atoms with Crippen LogP contribution in [-0.2, 0) is 0 Å². The second kappa shape index (κ2) is 8.95. The topological polar surface area (TPSA) is 36.9 Å². The molecule has 6 aromatic carbocycles. The van der Waals surface area contributed by atoms with Gasteiger partial charge in [-0.2, -0.15) is 5.26 Å². The van der Waals surface area contributed by atoms with E-state index < -0.39 is 0 Å². The van der Waals surface area contributed by atoms with Crippen LogP contribution in [0.25, 0.3) is 75.5 Å². The Kier molecular flexibility index (Phi) is 5.10. The smallest absolute Gasteiger partial charge is 0.136 e. The number of furan rings is 1. The standard InChI is InChI=1S/C37H21NOS/c38-22-23-8-5-9-25(20-23)36-26(24-18-19-28-27-10-2-4-17-34(27)40-35(28)21-24)12-6-13-29(36)30-14-7-16-33-37(30)31-11-1-3-15-32(31)39-33/h1-21H. The van der Waals surface area contributed by atoms with Gasteiger partial charge in [0.2, 0.25) is 0 Å². The summed E-state index contributed by atoms with van der Waals surface area (Å²) in [6.45, 7) is 0. The van der Waals surface area contributed by atoms with Crippen molar-refractivity contribution >= 4 is 53.4 Å². The van der Waals surface area contributed by atoms with Crippen LogP contribution >= 0.6 is 11.3 Å². The zero-order valence-electron chi connectivity index (χ0n) is 21.4. The molecule has 0 aliphatic heterocycles. The minimum Gasteiger partial charge on any atom is -0.456 e. The van der Waals surface area contributed by atoms with Gasteiger partial charge in [-0.1, -0.05) is 91.0 Å².